The maximum atomic E-state index is 12.6. The Morgan fingerprint density at radius 1 is 1.47 bits per heavy atom. The van der Waals surface area contributed by atoms with E-state index >= 15 is 0 Å². The molecular formula is C15H24N2O2. The van der Waals surface area contributed by atoms with E-state index in [1.54, 1.807) is 13.2 Å². The zero-order chi connectivity index (χ0) is 14.4. The van der Waals surface area contributed by atoms with Crippen LogP contribution in [0.5, 0.6) is 0 Å². The summed E-state index contributed by atoms with van der Waals surface area (Å²) in [4.78, 5) is 14.4. The largest absolute Gasteiger partial charge is 0.398 e. The summed E-state index contributed by atoms with van der Waals surface area (Å²) in [6, 6.07) is 5.73. The van der Waals surface area contributed by atoms with Gasteiger partial charge in [0.15, 0.2) is 0 Å². The summed E-state index contributed by atoms with van der Waals surface area (Å²) >= 11 is 0. The summed E-state index contributed by atoms with van der Waals surface area (Å²) in [5.74, 6) is -0.0207. The smallest absolute Gasteiger partial charge is 0.256 e. The third-order valence-electron chi connectivity index (χ3n) is 3.47. The molecule has 0 fully saturated rings. The van der Waals surface area contributed by atoms with Gasteiger partial charge in [0.1, 0.15) is 0 Å². The maximum Gasteiger partial charge on any atom is 0.256 e. The molecule has 1 amide bonds. The van der Waals surface area contributed by atoms with E-state index < -0.39 is 0 Å². The Morgan fingerprint density at radius 2 is 2.16 bits per heavy atom. The molecule has 1 aromatic rings. The van der Waals surface area contributed by atoms with Crippen molar-refractivity contribution in [2.75, 3.05) is 26.0 Å². The van der Waals surface area contributed by atoms with Crippen molar-refractivity contribution in [1.82, 2.24) is 4.90 Å². The number of aryl methyl sites for hydroxylation is 1. The van der Waals surface area contributed by atoms with Crippen LogP contribution in [-0.4, -0.2) is 37.1 Å². The van der Waals surface area contributed by atoms with Gasteiger partial charge in [-0.25, -0.2) is 0 Å². The Balaban J connectivity index is 3.01. The molecule has 2 N–H and O–H groups in total. The first-order valence-corrected chi connectivity index (χ1v) is 6.67. The average Bonchev–Trinajstić information content (AvgIpc) is 2.41. The highest BCUT2D eigenvalue weighted by atomic mass is 16.5. The standard InChI is InChI=1S/C15H24N2O2/c1-5-12(3)17(9-10-19-4)15(18)13-8-6-7-11(2)14(13)16/h6-8,12H,5,9-10,16H2,1-4H3. The third kappa shape index (κ3) is 3.70. The van der Waals surface area contributed by atoms with Crippen molar-refractivity contribution in [1.29, 1.82) is 0 Å². The molecule has 0 radical (unpaired) electrons. The minimum absolute atomic E-state index is 0.0207. The van der Waals surface area contributed by atoms with Crippen LogP contribution in [0.4, 0.5) is 5.69 Å². The molecule has 19 heavy (non-hydrogen) atoms. The number of ether oxygens (including phenoxy) is 1. The minimum atomic E-state index is -0.0207. The van der Waals surface area contributed by atoms with Crippen molar-refractivity contribution in [2.45, 2.75) is 33.2 Å². The highest BCUT2D eigenvalue weighted by Gasteiger charge is 2.22. The summed E-state index contributed by atoms with van der Waals surface area (Å²) in [7, 11) is 1.64. The zero-order valence-electron chi connectivity index (χ0n) is 12.3. The summed E-state index contributed by atoms with van der Waals surface area (Å²) < 4.78 is 5.08. The Bertz CT molecular complexity index is 432. The number of anilines is 1. The second-order valence-electron chi connectivity index (χ2n) is 4.78. The lowest BCUT2D eigenvalue weighted by atomic mass is 10.1. The van der Waals surface area contributed by atoms with Gasteiger partial charge in [-0.1, -0.05) is 19.1 Å². The fourth-order valence-corrected chi connectivity index (χ4v) is 1.95. The lowest BCUT2D eigenvalue weighted by molar-refractivity contribution is 0.0615. The van der Waals surface area contributed by atoms with Crippen molar-refractivity contribution in [3.05, 3.63) is 29.3 Å². The molecular weight excluding hydrogens is 240 g/mol. The maximum absolute atomic E-state index is 12.6. The van der Waals surface area contributed by atoms with E-state index in [1.807, 2.05) is 30.9 Å². The van der Waals surface area contributed by atoms with E-state index in [-0.39, 0.29) is 11.9 Å². The number of methoxy groups -OCH3 is 1. The fourth-order valence-electron chi connectivity index (χ4n) is 1.95. The van der Waals surface area contributed by atoms with Crippen LogP contribution in [0.1, 0.15) is 36.2 Å². The lowest BCUT2D eigenvalue weighted by Gasteiger charge is -2.29. The SMILES string of the molecule is CCC(C)N(CCOC)C(=O)c1cccc(C)c1N. The zero-order valence-corrected chi connectivity index (χ0v) is 12.3. The Hall–Kier alpha value is -1.55. The molecule has 1 unspecified atom stereocenters. The molecule has 0 bridgehead atoms. The Labute approximate surface area is 115 Å². The number of hydrogen-bond donors (Lipinski definition) is 1. The molecule has 106 valence electrons. The lowest BCUT2D eigenvalue weighted by Crippen LogP contribution is -2.40. The second-order valence-corrected chi connectivity index (χ2v) is 4.78. The van der Waals surface area contributed by atoms with Gasteiger partial charge in [-0.2, -0.15) is 0 Å². The number of carbonyl (C=O) groups excluding carboxylic acids is 1. The molecule has 4 nitrogen and oxygen atoms in total. The van der Waals surface area contributed by atoms with E-state index in [4.69, 9.17) is 10.5 Å². The van der Waals surface area contributed by atoms with Crippen molar-refractivity contribution >= 4 is 11.6 Å². The molecule has 0 saturated carbocycles. The Kier molecular flexibility index (Phi) is 5.83. The third-order valence-corrected chi connectivity index (χ3v) is 3.47. The second kappa shape index (κ2) is 7.14. The van der Waals surface area contributed by atoms with Crippen LogP contribution in [0.3, 0.4) is 0 Å². The number of rotatable bonds is 6. The number of nitrogens with two attached hydrogens (primary N) is 1. The topological polar surface area (TPSA) is 55.6 Å². The molecule has 0 spiro atoms. The van der Waals surface area contributed by atoms with Gasteiger partial charge in [0, 0.05) is 25.4 Å². The molecule has 1 rings (SSSR count). The number of nitrogens with zero attached hydrogens (tertiary/aromatic N) is 1. The van der Waals surface area contributed by atoms with Crippen LogP contribution in [0, 0.1) is 6.92 Å². The Morgan fingerprint density at radius 3 is 2.74 bits per heavy atom. The summed E-state index contributed by atoms with van der Waals surface area (Å²) in [6.45, 7) is 7.13. The van der Waals surface area contributed by atoms with Gasteiger partial charge in [-0.05, 0) is 31.9 Å². The van der Waals surface area contributed by atoms with E-state index in [9.17, 15) is 4.79 Å². The monoisotopic (exact) mass is 264 g/mol. The van der Waals surface area contributed by atoms with Crippen LogP contribution in [0.15, 0.2) is 18.2 Å². The first-order valence-electron chi connectivity index (χ1n) is 6.67. The van der Waals surface area contributed by atoms with Crippen molar-refractivity contribution < 1.29 is 9.53 Å². The van der Waals surface area contributed by atoms with Crippen LogP contribution >= 0.6 is 0 Å². The van der Waals surface area contributed by atoms with Crippen LogP contribution in [-0.2, 0) is 4.74 Å². The molecule has 4 heteroatoms. The van der Waals surface area contributed by atoms with Crippen molar-refractivity contribution in [3.8, 4) is 0 Å². The quantitative estimate of drug-likeness (QED) is 0.803. The molecule has 1 atom stereocenters. The van der Waals surface area contributed by atoms with E-state index in [2.05, 4.69) is 6.92 Å². The van der Waals surface area contributed by atoms with Gasteiger partial charge < -0.3 is 15.4 Å². The molecule has 0 aliphatic rings. The van der Waals surface area contributed by atoms with E-state index in [1.165, 1.54) is 0 Å². The predicted octanol–water partition coefficient (Wildman–Crippen LogP) is 2.46. The van der Waals surface area contributed by atoms with Crippen molar-refractivity contribution in [3.63, 3.8) is 0 Å². The number of nitrogen functional groups attached to an aromatic ring is 1. The van der Waals surface area contributed by atoms with Crippen LogP contribution < -0.4 is 5.73 Å². The molecule has 1 aromatic carbocycles. The number of carbonyl (C=O) groups is 1. The van der Waals surface area contributed by atoms with E-state index in [0.29, 0.717) is 24.4 Å². The first kappa shape index (κ1) is 15.5. The van der Waals surface area contributed by atoms with Gasteiger partial charge in [-0.15, -0.1) is 0 Å². The summed E-state index contributed by atoms with van der Waals surface area (Å²) in [6.07, 6.45) is 0.904. The normalized spacial score (nSPS) is 12.2. The minimum Gasteiger partial charge on any atom is -0.398 e. The van der Waals surface area contributed by atoms with Gasteiger partial charge in [0.05, 0.1) is 12.2 Å². The predicted molar refractivity (Wildman–Crippen MR) is 78.3 cm³/mol. The molecule has 0 heterocycles. The van der Waals surface area contributed by atoms with Crippen molar-refractivity contribution in [2.24, 2.45) is 0 Å². The summed E-state index contributed by atoms with van der Waals surface area (Å²) in [5.41, 5.74) is 8.09. The van der Waals surface area contributed by atoms with Crippen LogP contribution in [0.2, 0.25) is 0 Å². The van der Waals surface area contributed by atoms with E-state index in [0.717, 1.165) is 12.0 Å². The average molecular weight is 264 g/mol. The van der Waals surface area contributed by atoms with Gasteiger partial charge >= 0.3 is 0 Å². The van der Waals surface area contributed by atoms with Gasteiger partial charge in [0.2, 0.25) is 0 Å². The first-order chi connectivity index (χ1) is 9.02. The van der Waals surface area contributed by atoms with Crippen LogP contribution in [0.25, 0.3) is 0 Å². The molecule has 0 aliphatic carbocycles. The molecule has 0 saturated heterocycles. The van der Waals surface area contributed by atoms with Gasteiger partial charge in [0.25, 0.3) is 5.91 Å². The molecule has 0 aliphatic heterocycles. The molecule has 0 aromatic heterocycles. The highest BCUT2D eigenvalue weighted by molar-refractivity contribution is 5.99. The number of benzene rings is 1. The summed E-state index contributed by atoms with van der Waals surface area (Å²) in [5, 5.41) is 0. The number of amides is 1. The fraction of sp³-hybridized carbons (Fsp3) is 0.533. The number of para-hydroxylation sites is 1. The number of hydrogen-bond acceptors (Lipinski definition) is 3. The highest BCUT2D eigenvalue weighted by Crippen LogP contribution is 2.20. The van der Waals surface area contributed by atoms with Gasteiger partial charge in [-0.3, -0.25) is 4.79 Å².